The molecule has 14 heavy (non-hydrogen) atoms. The van der Waals surface area contributed by atoms with Crippen LogP contribution in [0.25, 0.3) is 0 Å². The van der Waals surface area contributed by atoms with Crippen LogP contribution in [0.1, 0.15) is 6.92 Å². The number of para-hydroxylation sites is 1. The molecule has 1 unspecified atom stereocenters. The number of nitrogens with zero attached hydrogens (tertiary/aromatic N) is 1. The molecule has 0 saturated carbocycles. The number of carbonyl (C=O) groups is 1. The van der Waals surface area contributed by atoms with Crippen molar-refractivity contribution in [3.8, 4) is 0 Å². The second-order valence-electron chi connectivity index (χ2n) is 2.65. The predicted molar refractivity (Wildman–Crippen MR) is 51.1 cm³/mol. The fourth-order valence-corrected chi connectivity index (χ4v) is 2.37. The van der Waals surface area contributed by atoms with Gasteiger partial charge in [-0.15, -0.1) is 0 Å². The first-order valence-corrected chi connectivity index (χ1v) is 6.70. The number of carbonyl (C=O) groups excluding carboxylic acids is 1. The Hall–Kier alpha value is -1.03. The minimum atomic E-state index is -3.53. The maximum absolute atomic E-state index is 10.9. The Balaban J connectivity index is 3.19. The maximum atomic E-state index is 10.9. The molecule has 0 fully saturated rings. The first kappa shape index (κ1) is 11.0. The van der Waals surface area contributed by atoms with Crippen LogP contribution in [0.15, 0.2) is 24.3 Å². The molecule has 0 bridgehead atoms. The van der Waals surface area contributed by atoms with E-state index in [1.54, 1.807) is 12.1 Å². The molecule has 1 aromatic carbocycles. The van der Waals surface area contributed by atoms with E-state index in [1.165, 1.54) is 19.1 Å². The van der Waals surface area contributed by atoms with Gasteiger partial charge in [-0.05, 0) is 0 Å². The van der Waals surface area contributed by atoms with Gasteiger partial charge in [0.2, 0.25) is 0 Å². The van der Waals surface area contributed by atoms with Crippen LogP contribution in [0.3, 0.4) is 0 Å². The fraction of sp³-hybridized carbons (Fsp3) is 0.125. The molecule has 1 rings (SSSR count). The van der Waals surface area contributed by atoms with Gasteiger partial charge in [0.1, 0.15) is 0 Å². The van der Waals surface area contributed by atoms with Crippen LogP contribution < -0.4 is 9.41 Å². The van der Waals surface area contributed by atoms with E-state index < -0.39 is 20.8 Å². The third-order valence-corrected chi connectivity index (χ3v) is 3.51. The summed E-state index contributed by atoms with van der Waals surface area (Å²) in [6, 6.07) is 5.99. The molecule has 0 saturated heterocycles. The fourth-order valence-electron chi connectivity index (χ4n) is 1.01. The Labute approximate surface area is 85.4 Å². The number of benzene rings is 1. The van der Waals surface area contributed by atoms with Crippen molar-refractivity contribution in [1.82, 2.24) is 0 Å². The molecular formula is C8H10AsNO4. The van der Waals surface area contributed by atoms with Crippen molar-refractivity contribution in [2.24, 2.45) is 0 Å². The van der Waals surface area contributed by atoms with Crippen LogP contribution in [0.4, 0.5) is 5.69 Å². The normalized spacial score (nSPS) is 12.2. The second-order valence-corrected chi connectivity index (χ2v) is 5.06. The van der Waals surface area contributed by atoms with Crippen LogP contribution in [-0.2, 0) is 8.53 Å². The summed E-state index contributed by atoms with van der Waals surface area (Å²) in [4.78, 5) is 10.8. The number of amides is 1. The van der Waals surface area contributed by atoms with E-state index in [4.69, 9.17) is 4.10 Å². The molecule has 6 heteroatoms. The van der Waals surface area contributed by atoms with Gasteiger partial charge >= 0.3 is 85.0 Å². The molecule has 1 amide bonds. The third kappa shape index (κ3) is 2.26. The van der Waals surface area contributed by atoms with Gasteiger partial charge in [0.05, 0.1) is 0 Å². The molecule has 5 nitrogen and oxygen atoms in total. The van der Waals surface area contributed by atoms with E-state index in [0.717, 1.165) is 0 Å². The molecule has 0 radical (unpaired) electrons. The van der Waals surface area contributed by atoms with Crippen molar-refractivity contribution in [3.05, 3.63) is 24.3 Å². The third-order valence-electron chi connectivity index (χ3n) is 1.66. The van der Waals surface area contributed by atoms with Crippen molar-refractivity contribution in [2.45, 2.75) is 6.92 Å². The number of rotatable bonds is 2. The summed E-state index contributed by atoms with van der Waals surface area (Å²) in [6.07, 6.45) is 0. The Morgan fingerprint density at radius 3 is 2.50 bits per heavy atom. The first-order chi connectivity index (χ1) is 6.54. The molecule has 0 spiro atoms. The summed E-state index contributed by atoms with van der Waals surface area (Å²) in [7, 11) is 0. The van der Waals surface area contributed by atoms with E-state index in [-0.39, 0.29) is 10.0 Å². The summed E-state index contributed by atoms with van der Waals surface area (Å²) in [5.41, 5.74) is 0.0764. The van der Waals surface area contributed by atoms with E-state index in [2.05, 4.69) is 0 Å². The summed E-state index contributed by atoms with van der Waals surface area (Å²) in [5.74, 6) is -0.600. The summed E-state index contributed by atoms with van der Waals surface area (Å²) in [6.45, 7) is 1.17. The molecule has 2 N–H and O–H groups in total. The molecule has 0 heterocycles. The zero-order chi connectivity index (χ0) is 10.7. The summed E-state index contributed by atoms with van der Waals surface area (Å²) >= 11 is -3.53. The molecule has 0 aromatic heterocycles. The zero-order valence-corrected chi connectivity index (χ0v) is 9.57. The van der Waals surface area contributed by atoms with Gasteiger partial charge in [0, 0.05) is 0 Å². The van der Waals surface area contributed by atoms with Gasteiger partial charge in [-0.25, -0.2) is 0 Å². The molecule has 0 aliphatic rings. The molecule has 76 valence electrons. The Kier molecular flexibility index (Phi) is 3.52. The topological polar surface area (TPSA) is 77.8 Å². The van der Waals surface area contributed by atoms with Gasteiger partial charge in [-0.1, -0.05) is 0 Å². The number of hydrogen-bond acceptors (Lipinski definition) is 3. The van der Waals surface area contributed by atoms with Crippen molar-refractivity contribution >= 4 is 30.9 Å². The van der Waals surface area contributed by atoms with E-state index in [1.807, 2.05) is 0 Å². The summed E-state index contributed by atoms with van der Waals surface area (Å²) in [5, 5.41) is 9.66. The van der Waals surface area contributed by atoms with Crippen molar-refractivity contribution < 1.29 is 17.8 Å². The van der Waals surface area contributed by atoms with E-state index in [9.17, 15) is 13.7 Å². The molecule has 1 aromatic rings. The van der Waals surface area contributed by atoms with Gasteiger partial charge in [-0.3, -0.25) is 0 Å². The Morgan fingerprint density at radius 2 is 2.00 bits per heavy atom. The van der Waals surface area contributed by atoms with Crippen LogP contribution >= 0.6 is 0 Å². The standard InChI is InChI=1S/C8H10AsNO4/c1-6(11)10(14)8-5-3-2-4-7(8)9(12)13/h2-5,9,14H,1H3,(H,12,13). The monoisotopic (exact) mass is 259 g/mol. The molecular weight excluding hydrogens is 249 g/mol. The van der Waals surface area contributed by atoms with Gasteiger partial charge in [0.15, 0.2) is 0 Å². The second kappa shape index (κ2) is 4.46. The number of hydrogen-bond donors (Lipinski definition) is 2. The van der Waals surface area contributed by atoms with Gasteiger partial charge in [-0.2, -0.15) is 0 Å². The Bertz CT molecular complexity index is 379. The zero-order valence-electron chi connectivity index (χ0n) is 7.47. The van der Waals surface area contributed by atoms with Crippen molar-refractivity contribution in [1.29, 1.82) is 0 Å². The van der Waals surface area contributed by atoms with Crippen molar-refractivity contribution in [3.63, 3.8) is 0 Å². The first-order valence-electron chi connectivity index (χ1n) is 3.86. The minimum absolute atomic E-state index is 0.0764. The number of anilines is 1. The van der Waals surface area contributed by atoms with Crippen molar-refractivity contribution in [2.75, 3.05) is 5.06 Å². The van der Waals surface area contributed by atoms with Crippen LogP contribution in [0.2, 0.25) is 0 Å². The van der Waals surface area contributed by atoms with E-state index >= 15 is 0 Å². The van der Waals surface area contributed by atoms with Crippen LogP contribution in [0.5, 0.6) is 0 Å². The van der Waals surface area contributed by atoms with Gasteiger partial charge in [0.25, 0.3) is 0 Å². The average Bonchev–Trinajstić information content (AvgIpc) is 2.16. The predicted octanol–water partition coefficient (Wildman–Crippen LogP) is -0.721. The summed E-state index contributed by atoms with van der Waals surface area (Å²) < 4.78 is 20.1. The molecule has 0 aliphatic carbocycles. The average molecular weight is 259 g/mol. The quantitative estimate of drug-likeness (QED) is 0.417. The van der Waals surface area contributed by atoms with Gasteiger partial charge < -0.3 is 0 Å². The molecule has 1 atom stereocenters. The van der Waals surface area contributed by atoms with E-state index in [0.29, 0.717) is 5.06 Å². The molecule has 0 aliphatic heterocycles. The Morgan fingerprint density at radius 1 is 1.43 bits per heavy atom. The number of hydroxylamine groups is 1. The van der Waals surface area contributed by atoms with Crippen LogP contribution in [0, 0.1) is 0 Å². The van der Waals surface area contributed by atoms with Crippen LogP contribution in [-0.4, -0.2) is 30.1 Å². The SMILES string of the molecule is CC(=O)N(O)c1ccccc1[AsH](=O)O.